The number of allylic oxidation sites excluding steroid dienone is 2. The molecule has 2 aromatic carbocycles. The number of hydrogen-bond acceptors (Lipinski definition) is 5. The highest BCUT2D eigenvalue weighted by Gasteiger charge is 2.15. The summed E-state index contributed by atoms with van der Waals surface area (Å²) in [4.78, 5) is 25.2. The second kappa shape index (κ2) is 10.4. The molecule has 0 fully saturated rings. The summed E-state index contributed by atoms with van der Waals surface area (Å²) in [6, 6.07) is 15.9. The molecule has 0 saturated carbocycles. The lowest BCUT2D eigenvalue weighted by Crippen LogP contribution is -2.20. The van der Waals surface area contributed by atoms with E-state index < -0.39 is 0 Å². The van der Waals surface area contributed by atoms with Crippen LogP contribution >= 0.6 is 0 Å². The van der Waals surface area contributed by atoms with Crippen LogP contribution in [0.3, 0.4) is 0 Å². The molecule has 8 nitrogen and oxygen atoms in total. The number of anilines is 2. The summed E-state index contributed by atoms with van der Waals surface area (Å²) in [5.74, 6) is 2.92. The number of terminal acetylenes is 1. The second-order valence-electron chi connectivity index (χ2n) is 7.90. The van der Waals surface area contributed by atoms with Gasteiger partial charge in [0.2, 0.25) is 0 Å². The van der Waals surface area contributed by atoms with Crippen molar-refractivity contribution >= 4 is 23.3 Å². The molecule has 0 bridgehead atoms. The smallest absolute Gasteiger partial charge is 0.257 e. The third kappa shape index (κ3) is 5.60. The van der Waals surface area contributed by atoms with Crippen LogP contribution in [0.4, 0.5) is 11.5 Å². The van der Waals surface area contributed by atoms with E-state index in [4.69, 9.17) is 16.9 Å². The van der Waals surface area contributed by atoms with Gasteiger partial charge in [-0.25, -0.2) is 0 Å². The predicted molar refractivity (Wildman–Crippen MR) is 136 cm³/mol. The van der Waals surface area contributed by atoms with Crippen molar-refractivity contribution in [3.8, 4) is 29.4 Å². The van der Waals surface area contributed by atoms with Crippen molar-refractivity contribution in [1.29, 1.82) is 0 Å². The molecular weight excluding hydrogens is 442 g/mol. The van der Waals surface area contributed by atoms with E-state index in [2.05, 4.69) is 21.7 Å². The van der Waals surface area contributed by atoms with Crippen LogP contribution in [0.1, 0.15) is 23.2 Å². The minimum absolute atomic E-state index is 0.127. The summed E-state index contributed by atoms with van der Waals surface area (Å²) in [6.45, 7) is 0.127. The minimum Gasteiger partial charge on any atom is -0.481 e. The number of carbonyl (C=O) groups excluding carboxylic acids is 2. The van der Waals surface area contributed by atoms with E-state index in [1.807, 2.05) is 24.3 Å². The summed E-state index contributed by atoms with van der Waals surface area (Å²) < 4.78 is 6.97. The molecule has 0 aliphatic heterocycles. The molecule has 0 atom stereocenters. The molecule has 4 N–H and O–H groups in total. The molecule has 0 radical (unpaired) electrons. The zero-order valence-corrected chi connectivity index (χ0v) is 19.2. The van der Waals surface area contributed by atoms with E-state index in [1.54, 1.807) is 54.2 Å². The van der Waals surface area contributed by atoms with Crippen LogP contribution in [0.15, 0.2) is 78.0 Å². The normalized spacial score (nSPS) is 12.7. The van der Waals surface area contributed by atoms with Crippen molar-refractivity contribution in [3.05, 3.63) is 83.6 Å². The van der Waals surface area contributed by atoms with Gasteiger partial charge >= 0.3 is 0 Å². The number of nitrogens with two attached hydrogens (primary N) is 1. The molecule has 35 heavy (non-hydrogen) atoms. The largest absolute Gasteiger partial charge is 0.481 e. The van der Waals surface area contributed by atoms with Crippen LogP contribution in [0.2, 0.25) is 0 Å². The summed E-state index contributed by atoms with van der Waals surface area (Å²) >= 11 is 0. The molecule has 1 heterocycles. The number of carbonyl (C=O) groups is 2. The Kier molecular flexibility index (Phi) is 6.98. The number of aryl methyl sites for hydroxylation is 1. The van der Waals surface area contributed by atoms with E-state index in [9.17, 15) is 9.59 Å². The molecule has 8 heteroatoms. The first-order valence-corrected chi connectivity index (χ1v) is 11.0. The SMILES string of the molecule is C#CCOc1cccc(C(=O)Nc2cc(-c3ccc(NC(=O)C4=CCCC=C4N)cc3)nn2C)c1. The zero-order valence-electron chi connectivity index (χ0n) is 19.2. The Balaban J connectivity index is 1.43. The Bertz CT molecular complexity index is 1360. The number of hydrogen-bond donors (Lipinski definition) is 3. The molecule has 3 aromatic rings. The van der Waals surface area contributed by atoms with Crippen molar-refractivity contribution in [2.24, 2.45) is 12.8 Å². The van der Waals surface area contributed by atoms with Crippen molar-refractivity contribution in [1.82, 2.24) is 9.78 Å². The highest BCUT2D eigenvalue weighted by Crippen LogP contribution is 2.25. The zero-order chi connectivity index (χ0) is 24.8. The summed E-state index contributed by atoms with van der Waals surface area (Å²) in [5, 5.41) is 10.2. The van der Waals surface area contributed by atoms with Crippen molar-refractivity contribution in [2.45, 2.75) is 12.8 Å². The number of nitrogens with one attached hydrogen (secondary N) is 2. The Morgan fingerprint density at radius 3 is 2.60 bits per heavy atom. The summed E-state index contributed by atoms with van der Waals surface area (Å²) in [5.41, 5.74) is 9.52. The van der Waals surface area contributed by atoms with Gasteiger partial charge in [0.05, 0.1) is 11.3 Å². The molecular formula is C27H25N5O3. The fraction of sp³-hybridized carbons (Fsp3) is 0.148. The lowest BCUT2D eigenvalue weighted by atomic mass is 10.0. The fourth-order valence-corrected chi connectivity index (χ4v) is 3.61. The van der Waals surface area contributed by atoms with Crippen LogP contribution in [-0.2, 0) is 11.8 Å². The van der Waals surface area contributed by atoms with Gasteiger partial charge in [0.1, 0.15) is 18.2 Å². The topological polar surface area (TPSA) is 111 Å². The van der Waals surface area contributed by atoms with Gasteiger partial charge in [-0.2, -0.15) is 5.10 Å². The van der Waals surface area contributed by atoms with Gasteiger partial charge in [-0.3, -0.25) is 14.3 Å². The highest BCUT2D eigenvalue weighted by molar-refractivity contribution is 6.07. The van der Waals surface area contributed by atoms with Crippen LogP contribution in [0, 0.1) is 12.3 Å². The van der Waals surface area contributed by atoms with Crippen molar-refractivity contribution in [3.63, 3.8) is 0 Å². The minimum atomic E-state index is -0.297. The lowest BCUT2D eigenvalue weighted by molar-refractivity contribution is -0.112. The number of nitrogens with zero attached hydrogens (tertiary/aromatic N) is 2. The van der Waals surface area contributed by atoms with Crippen molar-refractivity contribution < 1.29 is 14.3 Å². The second-order valence-corrected chi connectivity index (χ2v) is 7.90. The van der Waals surface area contributed by atoms with Gasteiger partial charge in [-0.1, -0.05) is 36.3 Å². The number of ether oxygens (including phenoxy) is 1. The first-order valence-electron chi connectivity index (χ1n) is 11.0. The monoisotopic (exact) mass is 467 g/mol. The summed E-state index contributed by atoms with van der Waals surface area (Å²) in [6.07, 6.45) is 10.6. The van der Waals surface area contributed by atoms with Gasteiger partial charge in [0.15, 0.2) is 0 Å². The maximum Gasteiger partial charge on any atom is 0.257 e. The highest BCUT2D eigenvalue weighted by atomic mass is 16.5. The molecule has 1 aliphatic carbocycles. The molecule has 0 saturated heterocycles. The molecule has 1 aliphatic rings. The Morgan fingerprint density at radius 2 is 1.86 bits per heavy atom. The number of aromatic nitrogens is 2. The number of benzene rings is 2. The van der Waals surface area contributed by atoms with Crippen LogP contribution in [0.25, 0.3) is 11.3 Å². The van der Waals surface area contributed by atoms with E-state index in [1.165, 1.54) is 0 Å². The van der Waals surface area contributed by atoms with Crippen LogP contribution < -0.4 is 21.1 Å². The maximum atomic E-state index is 12.7. The van der Waals surface area contributed by atoms with Crippen molar-refractivity contribution in [2.75, 3.05) is 17.2 Å². The first kappa shape index (κ1) is 23.4. The molecule has 4 rings (SSSR count). The average molecular weight is 468 g/mol. The van der Waals surface area contributed by atoms with Crippen LogP contribution in [-0.4, -0.2) is 28.2 Å². The molecule has 1 aromatic heterocycles. The Hall–Kier alpha value is -4.77. The first-order chi connectivity index (χ1) is 16.9. The maximum absolute atomic E-state index is 12.7. The summed E-state index contributed by atoms with van der Waals surface area (Å²) in [7, 11) is 1.75. The van der Waals surface area contributed by atoms with Gasteiger partial charge in [-0.15, -0.1) is 6.42 Å². The predicted octanol–water partition coefficient (Wildman–Crippen LogP) is 3.85. The molecule has 2 amide bonds. The van der Waals surface area contributed by atoms with E-state index in [0.29, 0.717) is 39.8 Å². The third-order valence-electron chi connectivity index (χ3n) is 5.41. The quantitative estimate of drug-likeness (QED) is 0.457. The third-order valence-corrected chi connectivity index (χ3v) is 5.41. The number of amides is 2. The molecule has 176 valence electrons. The van der Waals surface area contributed by atoms with Crippen LogP contribution in [0.5, 0.6) is 5.75 Å². The Labute approximate surface area is 203 Å². The molecule has 0 spiro atoms. The van der Waals surface area contributed by atoms with E-state index >= 15 is 0 Å². The van der Waals surface area contributed by atoms with Gasteiger partial charge < -0.3 is 21.1 Å². The lowest BCUT2D eigenvalue weighted by Gasteiger charge is -2.12. The van der Waals surface area contributed by atoms with E-state index in [0.717, 1.165) is 18.4 Å². The fourth-order valence-electron chi connectivity index (χ4n) is 3.61. The van der Waals surface area contributed by atoms with Gasteiger partial charge in [0, 0.05) is 35.6 Å². The standard InChI is InChI=1S/C27H25N5O3/c1-3-15-35-21-8-6-7-19(16-21)26(33)30-25-17-24(31-32(25)2)18-11-13-20(14-12-18)29-27(34)22-9-4-5-10-23(22)28/h1,6-14,16-17H,4-5,15,28H2,2H3,(H,29,34)(H,30,33). The average Bonchev–Trinajstić information content (AvgIpc) is 3.23. The molecule has 0 unspecified atom stereocenters. The van der Waals surface area contributed by atoms with Gasteiger partial charge in [0.25, 0.3) is 11.8 Å². The number of rotatable bonds is 7. The van der Waals surface area contributed by atoms with E-state index in [-0.39, 0.29) is 18.4 Å². The van der Waals surface area contributed by atoms with Gasteiger partial charge in [-0.05, 0) is 43.2 Å². The Morgan fingerprint density at radius 1 is 1.09 bits per heavy atom.